The van der Waals surface area contributed by atoms with E-state index in [-0.39, 0.29) is 5.57 Å². The lowest BCUT2D eigenvalue weighted by Gasteiger charge is -2.30. The van der Waals surface area contributed by atoms with E-state index in [2.05, 4.69) is 18.7 Å². The molecule has 0 spiro atoms. The Morgan fingerprint density at radius 1 is 0.750 bits per heavy atom. The Morgan fingerprint density at radius 2 is 1.22 bits per heavy atom. The molecule has 182 valence electrons. The highest BCUT2D eigenvalue weighted by atomic mass is 16.7. The monoisotopic (exact) mass is 447 g/mol. The smallest absolute Gasteiger partial charge is 0.349 e. The second-order valence-corrected chi connectivity index (χ2v) is 9.74. The van der Waals surface area contributed by atoms with Crippen LogP contribution in [0.2, 0.25) is 0 Å². The van der Waals surface area contributed by atoms with Gasteiger partial charge in [-0.25, -0.2) is 9.59 Å². The number of carbonyl (C=O) groups is 2. The molecule has 2 aliphatic rings. The van der Waals surface area contributed by atoms with Gasteiger partial charge in [-0.05, 0) is 37.3 Å². The molecule has 0 atom stereocenters. The van der Waals surface area contributed by atoms with Crippen molar-refractivity contribution in [2.75, 3.05) is 13.1 Å². The number of cyclic esters (lactones) is 2. The first-order valence-corrected chi connectivity index (χ1v) is 13.0. The molecule has 5 heteroatoms. The van der Waals surface area contributed by atoms with Crippen molar-refractivity contribution in [1.82, 2.24) is 4.90 Å². The maximum atomic E-state index is 12.5. The maximum absolute atomic E-state index is 12.5. The van der Waals surface area contributed by atoms with Gasteiger partial charge in [0.05, 0.1) is 0 Å². The normalized spacial score (nSPS) is 17.9. The molecule has 0 saturated carbocycles. The largest absolute Gasteiger partial charge is 0.419 e. The van der Waals surface area contributed by atoms with E-state index in [1.807, 2.05) is 6.08 Å². The van der Waals surface area contributed by atoms with Crippen LogP contribution in [0.1, 0.15) is 118 Å². The summed E-state index contributed by atoms with van der Waals surface area (Å²) in [5.74, 6) is -2.31. The van der Waals surface area contributed by atoms with E-state index in [1.165, 1.54) is 82.7 Å². The van der Waals surface area contributed by atoms with Crippen molar-refractivity contribution in [2.45, 2.75) is 123 Å². The van der Waals surface area contributed by atoms with E-state index in [0.29, 0.717) is 6.42 Å². The summed E-state index contributed by atoms with van der Waals surface area (Å²) in [4.78, 5) is 27.4. The summed E-state index contributed by atoms with van der Waals surface area (Å²) in [6, 6.07) is 0. The summed E-state index contributed by atoms with van der Waals surface area (Å²) in [7, 11) is 0. The average Bonchev–Trinajstić information content (AvgIpc) is 3.19. The summed E-state index contributed by atoms with van der Waals surface area (Å²) in [5.41, 5.74) is 2.10. The van der Waals surface area contributed by atoms with Gasteiger partial charge in [0, 0.05) is 32.6 Å². The predicted molar refractivity (Wildman–Crippen MR) is 129 cm³/mol. The maximum Gasteiger partial charge on any atom is 0.349 e. The van der Waals surface area contributed by atoms with Crippen LogP contribution in [0, 0.1) is 0 Å². The standard InChI is InChI=1S/C27H45NO4/c1-5-7-9-11-13-15-19-28(20-16-14-12-10-8-6-2)23-18-17-22(21-23)24-25(29)31-27(3,4)32-26(24)30/h21H,5-20H2,1-4H3. The lowest BCUT2D eigenvalue weighted by molar-refractivity contribution is -0.222. The quantitative estimate of drug-likeness (QED) is 0.119. The first-order valence-electron chi connectivity index (χ1n) is 13.0. The third-order valence-corrected chi connectivity index (χ3v) is 6.37. The third-order valence-electron chi connectivity index (χ3n) is 6.37. The lowest BCUT2D eigenvalue weighted by Crippen LogP contribution is -2.42. The van der Waals surface area contributed by atoms with Crippen molar-refractivity contribution in [3.05, 3.63) is 22.9 Å². The molecule has 32 heavy (non-hydrogen) atoms. The van der Waals surface area contributed by atoms with Crippen LogP contribution in [0.5, 0.6) is 0 Å². The van der Waals surface area contributed by atoms with Gasteiger partial charge in [-0.2, -0.15) is 0 Å². The fraction of sp³-hybridized carbons (Fsp3) is 0.778. The number of allylic oxidation sites excluding steroid dienone is 3. The van der Waals surface area contributed by atoms with Crippen molar-refractivity contribution < 1.29 is 19.1 Å². The molecule has 0 unspecified atom stereocenters. The van der Waals surface area contributed by atoms with Gasteiger partial charge in [-0.1, -0.05) is 78.1 Å². The van der Waals surface area contributed by atoms with Gasteiger partial charge in [0.1, 0.15) is 5.57 Å². The number of ether oxygens (including phenoxy) is 2. The second kappa shape index (κ2) is 13.7. The first-order chi connectivity index (χ1) is 15.4. The molecule has 1 aliphatic heterocycles. The minimum Gasteiger partial charge on any atom is -0.419 e. The van der Waals surface area contributed by atoms with Gasteiger partial charge >= 0.3 is 11.9 Å². The van der Waals surface area contributed by atoms with Crippen LogP contribution >= 0.6 is 0 Å². The van der Waals surface area contributed by atoms with Gasteiger partial charge in [0.2, 0.25) is 0 Å². The fourth-order valence-corrected chi connectivity index (χ4v) is 4.53. The van der Waals surface area contributed by atoms with Gasteiger partial charge in [-0.15, -0.1) is 0 Å². The molecule has 0 N–H and O–H groups in total. The van der Waals surface area contributed by atoms with Crippen molar-refractivity contribution in [1.29, 1.82) is 0 Å². The number of rotatable bonds is 15. The van der Waals surface area contributed by atoms with Gasteiger partial charge in [-0.3, -0.25) is 0 Å². The van der Waals surface area contributed by atoms with Crippen LogP contribution in [0.4, 0.5) is 0 Å². The van der Waals surface area contributed by atoms with Gasteiger partial charge in [0.15, 0.2) is 0 Å². The van der Waals surface area contributed by atoms with Gasteiger partial charge < -0.3 is 14.4 Å². The molecule has 1 heterocycles. The first kappa shape index (κ1) is 26.5. The van der Waals surface area contributed by atoms with Crippen molar-refractivity contribution in [3.63, 3.8) is 0 Å². The Hall–Kier alpha value is -1.78. The molecule has 1 fully saturated rings. The SMILES string of the molecule is CCCCCCCCN(CCCCCCCC)C1=CC(=C2C(=O)OC(C)(C)OC2=O)CC1. The van der Waals surface area contributed by atoms with Crippen LogP contribution in [-0.4, -0.2) is 35.7 Å². The minimum absolute atomic E-state index is 0.0819. The van der Waals surface area contributed by atoms with Crippen LogP contribution in [0.15, 0.2) is 22.9 Å². The molecule has 0 radical (unpaired) electrons. The Balaban J connectivity index is 2.00. The molecule has 1 aliphatic carbocycles. The van der Waals surface area contributed by atoms with E-state index in [1.54, 1.807) is 13.8 Å². The average molecular weight is 448 g/mol. The number of hydrogen-bond donors (Lipinski definition) is 0. The topological polar surface area (TPSA) is 55.8 Å². The zero-order valence-corrected chi connectivity index (χ0v) is 21.0. The number of esters is 2. The number of carbonyl (C=O) groups excluding carboxylic acids is 2. The minimum atomic E-state index is -1.19. The molecule has 1 saturated heterocycles. The van der Waals surface area contributed by atoms with Crippen LogP contribution in [-0.2, 0) is 19.1 Å². The Bertz CT molecular complexity index is 639. The molecule has 2 rings (SSSR count). The molecule has 0 aromatic heterocycles. The zero-order valence-electron chi connectivity index (χ0n) is 21.0. The van der Waals surface area contributed by atoms with E-state index in [4.69, 9.17) is 9.47 Å². The Labute approximate surface area is 195 Å². The number of nitrogens with zero attached hydrogens (tertiary/aromatic N) is 1. The van der Waals surface area contributed by atoms with Crippen LogP contribution in [0.25, 0.3) is 0 Å². The molecular formula is C27H45NO4. The lowest BCUT2D eigenvalue weighted by atomic mass is 10.1. The van der Waals surface area contributed by atoms with Crippen molar-refractivity contribution >= 4 is 11.9 Å². The fourth-order valence-electron chi connectivity index (χ4n) is 4.53. The van der Waals surface area contributed by atoms with Crippen LogP contribution in [0.3, 0.4) is 0 Å². The van der Waals surface area contributed by atoms with E-state index < -0.39 is 17.7 Å². The van der Waals surface area contributed by atoms with E-state index in [0.717, 1.165) is 25.1 Å². The number of unbranched alkanes of at least 4 members (excludes halogenated alkanes) is 10. The van der Waals surface area contributed by atoms with Crippen LogP contribution < -0.4 is 0 Å². The summed E-state index contributed by atoms with van der Waals surface area (Å²) < 4.78 is 10.6. The molecular weight excluding hydrogens is 402 g/mol. The highest BCUT2D eigenvalue weighted by Crippen LogP contribution is 2.33. The van der Waals surface area contributed by atoms with E-state index >= 15 is 0 Å². The Morgan fingerprint density at radius 3 is 1.72 bits per heavy atom. The van der Waals surface area contributed by atoms with Crippen molar-refractivity contribution in [2.24, 2.45) is 0 Å². The third kappa shape index (κ3) is 8.63. The molecule has 0 aromatic carbocycles. The molecule has 0 bridgehead atoms. The molecule has 5 nitrogen and oxygen atoms in total. The highest BCUT2D eigenvalue weighted by Gasteiger charge is 2.41. The van der Waals surface area contributed by atoms with E-state index in [9.17, 15) is 9.59 Å². The molecule has 0 aromatic rings. The Kier molecular flexibility index (Phi) is 11.3. The summed E-state index contributed by atoms with van der Waals surface area (Å²) >= 11 is 0. The highest BCUT2D eigenvalue weighted by molar-refractivity contribution is 6.16. The summed E-state index contributed by atoms with van der Waals surface area (Å²) in [6.45, 7) is 9.78. The number of hydrogen-bond acceptors (Lipinski definition) is 5. The van der Waals surface area contributed by atoms with Crippen molar-refractivity contribution in [3.8, 4) is 0 Å². The summed E-state index contributed by atoms with van der Waals surface area (Å²) in [5, 5.41) is 0. The van der Waals surface area contributed by atoms with Gasteiger partial charge in [0.25, 0.3) is 5.79 Å². The second-order valence-electron chi connectivity index (χ2n) is 9.74. The zero-order chi connectivity index (χ0) is 23.4. The predicted octanol–water partition coefficient (Wildman–Crippen LogP) is 6.82. The molecule has 0 amide bonds. The summed E-state index contributed by atoms with van der Waals surface area (Å²) in [6.07, 6.45) is 19.0.